The number of ether oxygens (including phenoxy) is 2. The fraction of sp³-hybridized carbons (Fsp3) is 0.160. The molecule has 164 valence electrons. The molecule has 0 bridgehead atoms. The molecular formula is C25H22ClNO5. The van der Waals surface area contributed by atoms with Crippen molar-refractivity contribution in [2.24, 2.45) is 0 Å². The van der Waals surface area contributed by atoms with Crippen molar-refractivity contribution in [2.45, 2.75) is 13.8 Å². The summed E-state index contributed by atoms with van der Waals surface area (Å²) in [5.74, 6) is -1.01. The number of benzene rings is 3. The lowest BCUT2D eigenvalue weighted by molar-refractivity contribution is -0.149. The number of amides is 1. The SMILES string of the molecule is Cc1cc(C)cc(OCC(=O)OCC(=O)Nc2ccc(Cl)cc2C(=O)c2ccccc2)c1. The van der Waals surface area contributed by atoms with Crippen LogP contribution in [0.5, 0.6) is 5.75 Å². The smallest absolute Gasteiger partial charge is 0.344 e. The predicted molar refractivity (Wildman–Crippen MR) is 122 cm³/mol. The summed E-state index contributed by atoms with van der Waals surface area (Å²) in [4.78, 5) is 37.1. The normalized spacial score (nSPS) is 10.3. The van der Waals surface area contributed by atoms with E-state index in [-0.39, 0.29) is 23.6 Å². The van der Waals surface area contributed by atoms with Gasteiger partial charge in [-0.1, -0.05) is 48.0 Å². The Hall–Kier alpha value is -3.64. The van der Waals surface area contributed by atoms with E-state index in [9.17, 15) is 14.4 Å². The first kappa shape index (κ1) is 23.0. The average Bonchev–Trinajstić information content (AvgIpc) is 2.77. The first-order valence-electron chi connectivity index (χ1n) is 9.87. The van der Waals surface area contributed by atoms with Gasteiger partial charge in [0.05, 0.1) is 5.69 Å². The molecule has 1 N–H and O–H groups in total. The Bertz CT molecular complexity index is 1120. The van der Waals surface area contributed by atoms with E-state index in [1.165, 1.54) is 12.1 Å². The van der Waals surface area contributed by atoms with Crippen LogP contribution in [0.4, 0.5) is 5.69 Å². The van der Waals surface area contributed by atoms with Crippen molar-refractivity contribution in [1.82, 2.24) is 0 Å². The van der Waals surface area contributed by atoms with Crippen LogP contribution < -0.4 is 10.1 Å². The maximum absolute atomic E-state index is 12.8. The van der Waals surface area contributed by atoms with E-state index in [1.54, 1.807) is 48.5 Å². The van der Waals surface area contributed by atoms with Crippen molar-refractivity contribution in [1.29, 1.82) is 0 Å². The number of esters is 1. The third-order valence-corrected chi connectivity index (χ3v) is 4.69. The number of anilines is 1. The van der Waals surface area contributed by atoms with E-state index in [0.717, 1.165) is 11.1 Å². The van der Waals surface area contributed by atoms with Crippen molar-refractivity contribution >= 4 is 34.9 Å². The molecule has 0 unspecified atom stereocenters. The fourth-order valence-electron chi connectivity index (χ4n) is 3.09. The summed E-state index contributed by atoms with van der Waals surface area (Å²) >= 11 is 6.04. The minimum Gasteiger partial charge on any atom is -0.482 e. The number of halogens is 1. The van der Waals surface area contributed by atoms with Crippen molar-refractivity contribution in [2.75, 3.05) is 18.5 Å². The third-order valence-electron chi connectivity index (χ3n) is 4.45. The summed E-state index contributed by atoms with van der Waals surface area (Å²) in [7, 11) is 0. The average molecular weight is 452 g/mol. The Morgan fingerprint density at radius 2 is 1.56 bits per heavy atom. The lowest BCUT2D eigenvalue weighted by Gasteiger charge is -2.12. The van der Waals surface area contributed by atoms with E-state index in [4.69, 9.17) is 21.1 Å². The maximum Gasteiger partial charge on any atom is 0.344 e. The monoisotopic (exact) mass is 451 g/mol. The highest BCUT2D eigenvalue weighted by atomic mass is 35.5. The summed E-state index contributed by atoms with van der Waals surface area (Å²) in [6.07, 6.45) is 0. The Morgan fingerprint density at radius 3 is 2.25 bits per heavy atom. The number of hydrogen-bond donors (Lipinski definition) is 1. The Kier molecular flexibility index (Phi) is 7.63. The summed E-state index contributed by atoms with van der Waals surface area (Å²) in [5, 5.41) is 2.95. The van der Waals surface area contributed by atoms with Gasteiger partial charge in [-0.05, 0) is 55.3 Å². The molecule has 3 aromatic rings. The minimum atomic E-state index is -0.684. The minimum absolute atomic E-state index is 0.238. The second-order valence-electron chi connectivity index (χ2n) is 7.21. The van der Waals surface area contributed by atoms with Gasteiger partial charge in [0, 0.05) is 16.1 Å². The van der Waals surface area contributed by atoms with Gasteiger partial charge in [0.1, 0.15) is 5.75 Å². The number of carbonyl (C=O) groups is 3. The van der Waals surface area contributed by atoms with Gasteiger partial charge in [0.15, 0.2) is 19.0 Å². The zero-order chi connectivity index (χ0) is 23.1. The van der Waals surface area contributed by atoms with Crippen LogP contribution >= 0.6 is 11.6 Å². The molecule has 3 rings (SSSR count). The van der Waals surface area contributed by atoms with E-state index < -0.39 is 18.5 Å². The zero-order valence-corrected chi connectivity index (χ0v) is 18.4. The van der Waals surface area contributed by atoms with Crippen LogP contribution in [0.15, 0.2) is 66.7 Å². The molecule has 7 heteroatoms. The van der Waals surface area contributed by atoms with Crippen molar-refractivity contribution in [3.05, 3.63) is 94.0 Å². The van der Waals surface area contributed by atoms with Gasteiger partial charge in [-0.15, -0.1) is 0 Å². The van der Waals surface area contributed by atoms with Gasteiger partial charge in [-0.2, -0.15) is 0 Å². The summed E-state index contributed by atoms with van der Waals surface area (Å²) < 4.78 is 10.4. The predicted octanol–water partition coefficient (Wildman–Crippen LogP) is 4.75. The van der Waals surface area contributed by atoms with Crippen LogP contribution in [-0.2, 0) is 14.3 Å². The van der Waals surface area contributed by atoms with Gasteiger partial charge in [0.25, 0.3) is 5.91 Å². The van der Waals surface area contributed by atoms with Crippen molar-refractivity contribution in [3.8, 4) is 5.75 Å². The molecule has 0 aliphatic carbocycles. The largest absolute Gasteiger partial charge is 0.482 e. The topological polar surface area (TPSA) is 81.7 Å². The molecule has 6 nitrogen and oxygen atoms in total. The Morgan fingerprint density at radius 1 is 0.875 bits per heavy atom. The van der Waals surface area contributed by atoms with E-state index >= 15 is 0 Å². The number of rotatable bonds is 8. The van der Waals surface area contributed by atoms with Gasteiger partial charge >= 0.3 is 5.97 Å². The standard InChI is InChI=1S/C25H22ClNO5/c1-16-10-17(2)12-20(11-16)31-15-24(29)32-14-23(28)27-22-9-8-19(26)13-21(22)25(30)18-6-4-3-5-7-18/h3-13H,14-15H2,1-2H3,(H,27,28). The van der Waals surface area contributed by atoms with Crippen LogP contribution in [0.1, 0.15) is 27.0 Å². The molecule has 0 aromatic heterocycles. The first-order chi connectivity index (χ1) is 15.3. The molecule has 0 aliphatic rings. The summed E-state index contributed by atoms with van der Waals surface area (Å²) in [6.45, 7) is 3.01. The molecule has 0 saturated heterocycles. The molecule has 0 aliphatic heterocycles. The number of nitrogens with one attached hydrogen (secondary N) is 1. The van der Waals surface area contributed by atoms with Crippen LogP contribution in [0, 0.1) is 13.8 Å². The zero-order valence-electron chi connectivity index (χ0n) is 17.7. The second-order valence-corrected chi connectivity index (χ2v) is 7.64. The molecule has 32 heavy (non-hydrogen) atoms. The molecule has 0 heterocycles. The van der Waals surface area contributed by atoms with Crippen LogP contribution in [0.2, 0.25) is 5.02 Å². The number of ketones is 1. The molecule has 1 amide bonds. The molecule has 0 saturated carbocycles. The molecular weight excluding hydrogens is 430 g/mol. The van der Waals surface area contributed by atoms with Crippen LogP contribution in [-0.4, -0.2) is 30.9 Å². The number of carbonyl (C=O) groups excluding carboxylic acids is 3. The quantitative estimate of drug-likeness (QED) is 0.395. The molecule has 3 aromatic carbocycles. The van der Waals surface area contributed by atoms with Crippen LogP contribution in [0.3, 0.4) is 0 Å². The Labute approximate surface area is 191 Å². The van der Waals surface area contributed by atoms with Crippen molar-refractivity contribution in [3.63, 3.8) is 0 Å². The van der Waals surface area contributed by atoms with E-state index in [0.29, 0.717) is 16.3 Å². The van der Waals surface area contributed by atoms with Crippen LogP contribution in [0.25, 0.3) is 0 Å². The molecule has 0 spiro atoms. The lowest BCUT2D eigenvalue weighted by Crippen LogP contribution is -2.24. The molecule has 0 radical (unpaired) electrons. The maximum atomic E-state index is 12.8. The molecule has 0 atom stereocenters. The summed E-state index contributed by atoms with van der Waals surface area (Å²) in [6, 6.07) is 18.8. The molecule has 0 fully saturated rings. The second kappa shape index (κ2) is 10.6. The van der Waals surface area contributed by atoms with Crippen molar-refractivity contribution < 1.29 is 23.9 Å². The summed E-state index contributed by atoms with van der Waals surface area (Å²) in [5.41, 5.74) is 2.99. The highest BCUT2D eigenvalue weighted by Gasteiger charge is 2.17. The Balaban J connectivity index is 1.58. The number of aryl methyl sites for hydroxylation is 2. The van der Waals surface area contributed by atoms with Gasteiger partial charge in [-0.3, -0.25) is 9.59 Å². The number of hydrogen-bond acceptors (Lipinski definition) is 5. The van der Waals surface area contributed by atoms with Gasteiger partial charge in [-0.25, -0.2) is 4.79 Å². The highest BCUT2D eigenvalue weighted by Crippen LogP contribution is 2.24. The fourth-order valence-corrected chi connectivity index (χ4v) is 3.26. The van der Waals surface area contributed by atoms with Gasteiger partial charge in [0.2, 0.25) is 0 Å². The first-order valence-corrected chi connectivity index (χ1v) is 10.3. The van der Waals surface area contributed by atoms with E-state index in [2.05, 4.69) is 5.32 Å². The lowest BCUT2D eigenvalue weighted by atomic mass is 10.0. The van der Waals surface area contributed by atoms with Gasteiger partial charge < -0.3 is 14.8 Å². The van der Waals surface area contributed by atoms with E-state index in [1.807, 2.05) is 19.9 Å². The highest BCUT2D eigenvalue weighted by molar-refractivity contribution is 6.31. The third kappa shape index (κ3) is 6.43.